The van der Waals surface area contributed by atoms with E-state index in [2.05, 4.69) is 49.9 Å². The molecule has 0 fully saturated rings. The first kappa shape index (κ1) is 16.8. The van der Waals surface area contributed by atoms with Crippen molar-refractivity contribution in [2.75, 3.05) is 32.7 Å². The molecule has 0 atom stereocenters. The summed E-state index contributed by atoms with van der Waals surface area (Å²) >= 11 is 0. The van der Waals surface area contributed by atoms with E-state index in [1.54, 1.807) is 0 Å². The molecule has 0 aromatic heterocycles. The van der Waals surface area contributed by atoms with E-state index in [0.717, 1.165) is 51.1 Å². The van der Waals surface area contributed by atoms with Gasteiger partial charge in [-0.1, -0.05) is 37.3 Å². The summed E-state index contributed by atoms with van der Waals surface area (Å²) in [5.74, 6) is 0.213. The van der Waals surface area contributed by atoms with Crippen LogP contribution in [0, 0.1) is 0 Å². The molecule has 22 heavy (non-hydrogen) atoms. The summed E-state index contributed by atoms with van der Waals surface area (Å²) in [4.78, 5) is 17.3. The summed E-state index contributed by atoms with van der Waals surface area (Å²) < 4.78 is 0. The highest BCUT2D eigenvalue weighted by Gasteiger charge is 2.26. The minimum absolute atomic E-state index is 0.213. The van der Waals surface area contributed by atoms with Crippen LogP contribution in [-0.4, -0.2) is 48.4 Å². The Balaban J connectivity index is 2.37. The number of likely N-dealkylation sites (N-methyl/N-ethyl adjacent to an activating group) is 1. The highest BCUT2D eigenvalue weighted by Crippen LogP contribution is 2.28. The summed E-state index contributed by atoms with van der Waals surface area (Å²) in [6, 6.07) is 10.4. The zero-order chi connectivity index (χ0) is 15.9. The lowest BCUT2D eigenvalue weighted by Crippen LogP contribution is -2.40. The summed E-state index contributed by atoms with van der Waals surface area (Å²) in [5.41, 5.74) is 3.44. The van der Waals surface area contributed by atoms with Crippen LogP contribution in [0.15, 0.2) is 35.9 Å². The van der Waals surface area contributed by atoms with Crippen LogP contribution in [0.5, 0.6) is 0 Å². The lowest BCUT2D eigenvalue weighted by Gasteiger charge is -2.32. The van der Waals surface area contributed by atoms with Gasteiger partial charge in [0.1, 0.15) is 0 Å². The van der Waals surface area contributed by atoms with Gasteiger partial charge in [0.05, 0.1) is 0 Å². The van der Waals surface area contributed by atoms with Crippen molar-refractivity contribution in [3.05, 3.63) is 41.5 Å². The molecule has 2 rings (SSSR count). The van der Waals surface area contributed by atoms with Crippen molar-refractivity contribution >= 4 is 11.5 Å². The number of rotatable bonds is 6. The lowest BCUT2D eigenvalue weighted by molar-refractivity contribution is -0.127. The Morgan fingerprint density at radius 1 is 1.14 bits per heavy atom. The minimum atomic E-state index is 0.213. The quantitative estimate of drug-likeness (QED) is 0.803. The van der Waals surface area contributed by atoms with E-state index in [9.17, 15) is 4.79 Å². The maximum Gasteiger partial charge on any atom is 0.251 e. The van der Waals surface area contributed by atoms with Crippen LogP contribution in [0.4, 0.5) is 0 Å². The van der Waals surface area contributed by atoms with Crippen molar-refractivity contribution in [1.82, 2.24) is 9.80 Å². The molecule has 0 spiro atoms. The number of amides is 1. The topological polar surface area (TPSA) is 23.6 Å². The summed E-state index contributed by atoms with van der Waals surface area (Å²) in [6.45, 7) is 10.7. The fourth-order valence-corrected chi connectivity index (χ4v) is 3.18. The average Bonchev–Trinajstić information content (AvgIpc) is 2.57. The van der Waals surface area contributed by atoms with Crippen LogP contribution in [0.2, 0.25) is 0 Å². The van der Waals surface area contributed by atoms with Gasteiger partial charge in [-0.15, -0.1) is 0 Å². The normalized spacial score (nSPS) is 16.0. The van der Waals surface area contributed by atoms with Crippen LogP contribution in [-0.2, 0) is 4.79 Å². The highest BCUT2D eigenvalue weighted by molar-refractivity contribution is 6.02. The van der Waals surface area contributed by atoms with Crippen LogP contribution in [0.3, 0.4) is 0 Å². The molecule has 1 aliphatic rings. The summed E-state index contributed by atoms with van der Waals surface area (Å²) in [7, 11) is 0. The van der Waals surface area contributed by atoms with Gasteiger partial charge in [-0.3, -0.25) is 9.69 Å². The molecule has 1 aromatic rings. The number of carbonyl (C=O) groups is 1. The Bertz CT molecular complexity index is 517. The molecule has 3 heteroatoms. The first-order valence-corrected chi connectivity index (χ1v) is 8.50. The Morgan fingerprint density at radius 2 is 1.82 bits per heavy atom. The zero-order valence-corrected chi connectivity index (χ0v) is 14.1. The Labute approximate surface area is 134 Å². The predicted molar refractivity (Wildman–Crippen MR) is 92.6 cm³/mol. The first-order valence-electron chi connectivity index (χ1n) is 8.50. The van der Waals surface area contributed by atoms with Gasteiger partial charge in [0, 0.05) is 31.8 Å². The standard InChI is InChI=1S/C19H28N2O/c1-4-13-20-14-12-17(16-10-8-7-9-11-16)18(15-20)19(22)21(5-2)6-3/h7-11H,4-6,12-15H2,1-3H3. The zero-order valence-electron chi connectivity index (χ0n) is 14.1. The number of nitrogens with zero attached hydrogens (tertiary/aromatic N) is 2. The van der Waals surface area contributed by atoms with E-state index in [0.29, 0.717) is 0 Å². The van der Waals surface area contributed by atoms with E-state index in [-0.39, 0.29) is 5.91 Å². The third-order valence-corrected chi connectivity index (χ3v) is 4.39. The number of benzene rings is 1. The lowest BCUT2D eigenvalue weighted by atomic mass is 9.92. The van der Waals surface area contributed by atoms with E-state index in [1.807, 2.05) is 11.0 Å². The first-order chi connectivity index (χ1) is 10.7. The number of hydrogen-bond acceptors (Lipinski definition) is 2. The van der Waals surface area contributed by atoms with Gasteiger partial charge >= 0.3 is 0 Å². The Kier molecular flexibility index (Phi) is 6.20. The van der Waals surface area contributed by atoms with Crippen molar-refractivity contribution in [3.63, 3.8) is 0 Å². The van der Waals surface area contributed by atoms with Crippen molar-refractivity contribution in [2.45, 2.75) is 33.6 Å². The molecule has 0 bridgehead atoms. The molecule has 1 aromatic carbocycles. The van der Waals surface area contributed by atoms with Crippen LogP contribution in [0.1, 0.15) is 39.2 Å². The maximum atomic E-state index is 12.9. The molecule has 1 amide bonds. The molecule has 120 valence electrons. The molecule has 0 unspecified atom stereocenters. The third kappa shape index (κ3) is 3.77. The second-order valence-corrected chi connectivity index (χ2v) is 5.83. The fraction of sp³-hybridized carbons (Fsp3) is 0.526. The predicted octanol–water partition coefficient (Wildman–Crippen LogP) is 3.42. The number of hydrogen-bond donors (Lipinski definition) is 0. The van der Waals surface area contributed by atoms with Gasteiger partial charge in [-0.2, -0.15) is 0 Å². The van der Waals surface area contributed by atoms with Gasteiger partial charge in [-0.05, 0) is 44.4 Å². The van der Waals surface area contributed by atoms with E-state index < -0.39 is 0 Å². The molecule has 1 heterocycles. The monoisotopic (exact) mass is 300 g/mol. The molecule has 0 aliphatic carbocycles. The van der Waals surface area contributed by atoms with Gasteiger partial charge < -0.3 is 4.90 Å². The molecule has 0 radical (unpaired) electrons. The summed E-state index contributed by atoms with van der Waals surface area (Å²) in [5, 5.41) is 0. The number of carbonyl (C=O) groups excluding carboxylic acids is 1. The summed E-state index contributed by atoms with van der Waals surface area (Å²) in [6.07, 6.45) is 2.10. The van der Waals surface area contributed by atoms with Crippen LogP contribution >= 0.6 is 0 Å². The molecule has 0 N–H and O–H groups in total. The molecule has 0 saturated carbocycles. The molecule has 1 aliphatic heterocycles. The van der Waals surface area contributed by atoms with Gasteiger partial charge in [0.25, 0.3) is 5.91 Å². The van der Waals surface area contributed by atoms with E-state index in [4.69, 9.17) is 0 Å². The minimum Gasteiger partial charge on any atom is -0.339 e. The highest BCUT2D eigenvalue weighted by atomic mass is 16.2. The van der Waals surface area contributed by atoms with Crippen molar-refractivity contribution in [3.8, 4) is 0 Å². The van der Waals surface area contributed by atoms with Crippen molar-refractivity contribution in [1.29, 1.82) is 0 Å². The fourth-order valence-electron chi connectivity index (χ4n) is 3.18. The molecule has 0 saturated heterocycles. The second-order valence-electron chi connectivity index (χ2n) is 5.83. The molecular formula is C19H28N2O. The third-order valence-electron chi connectivity index (χ3n) is 4.39. The van der Waals surface area contributed by atoms with Crippen molar-refractivity contribution < 1.29 is 4.79 Å². The van der Waals surface area contributed by atoms with Crippen molar-refractivity contribution in [2.24, 2.45) is 0 Å². The van der Waals surface area contributed by atoms with Gasteiger partial charge in [-0.25, -0.2) is 0 Å². The van der Waals surface area contributed by atoms with Crippen LogP contribution < -0.4 is 0 Å². The van der Waals surface area contributed by atoms with E-state index >= 15 is 0 Å². The van der Waals surface area contributed by atoms with Crippen LogP contribution in [0.25, 0.3) is 5.57 Å². The SMILES string of the molecule is CCCN1CCC(c2ccccc2)=C(C(=O)N(CC)CC)C1. The Hall–Kier alpha value is -1.61. The molecular weight excluding hydrogens is 272 g/mol. The second kappa shape index (κ2) is 8.14. The smallest absolute Gasteiger partial charge is 0.251 e. The van der Waals surface area contributed by atoms with E-state index in [1.165, 1.54) is 11.1 Å². The van der Waals surface area contributed by atoms with Gasteiger partial charge in [0.15, 0.2) is 0 Å². The average molecular weight is 300 g/mol. The largest absolute Gasteiger partial charge is 0.339 e. The maximum absolute atomic E-state index is 12.9. The van der Waals surface area contributed by atoms with Gasteiger partial charge in [0.2, 0.25) is 0 Å². The molecule has 3 nitrogen and oxygen atoms in total. The Morgan fingerprint density at radius 3 is 2.41 bits per heavy atom.